The van der Waals surface area contributed by atoms with Crippen LogP contribution in [0.3, 0.4) is 0 Å². The van der Waals surface area contributed by atoms with Crippen molar-refractivity contribution in [2.45, 2.75) is 52.0 Å². The van der Waals surface area contributed by atoms with E-state index in [2.05, 4.69) is 50.4 Å². The SMILES string of the molecule is COc1ccc(CCC(=O)N[C@H](C)c2ccc(C(C)(C)C)cc2)cc1OC. The molecule has 0 aromatic heterocycles. The van der Waals surface area contributed by atoms with E-state index >= 15 is 0 Å². The molecule has 0 aliphatic rings. The van der Waals surface area contributed by atoms with Crippen molar-refractivity contribution in [2.24, 2.45) is 0 Å². The van der Waals surface area contributed by atoms with E-state index in [1.807, 2.05) is 25.1 Å². The van der Waals surface area contributed by atoms with E-state index in [-0.39, 0.29) is 17.4 Å². The number of amides is 1. The number of aryl methyl sites for hydroxylation is 1. The number of rotatable bonds is 7. The van der Waals surface area contributed by atoms with Gasteiger partial charge in [-0.2, -0.15) is 0 Å². The lowest BCUT2D eigenvalue weighted by Gasteiger charge is -2.20. The Morgan fingerprint density at radius 2 is 1.63 bits per heavy atom. The summed E-state index contributed by atoms with van der Waals surface area (Å²) in [4.78, 5) is 12.3. The van der Waals surface area contributed by atoms with Crippen LogP contribution in [0.25, 0.3) is 0 Å². The molecule has 1 amide bonds. The number of carbonyl (C=O) groups excluding carboxylic acids is 1. The summed E-state index contributed by atoms with van der Waals surface area (Å²) in [5.74, 6) is 1.41. The molecule has 0 heterocycles. The molecule has 0 saturated heterocycles. The highest BCUT2D eigenvalue weighted by Crippen LogP contribution is 2.28. The molecular weight excluding hydrogens is 338 g/mol. The lowest BCUT2D eigenvalue weighted by atomic mass is 9.86. The lowest BCUT2D eigenvalue weighted by molar-refractivity contribution is -0.121. The molecule has 2 rings (SSSR count). The smallest absolute Gasteiger partial charge is 0.220 e. The van der Waals surface area contributed by atoms with E-state index in [1.165, 1.54) is 5.56 Å². The third-order valence-corrected chi connectivity index (χ3v) is 4.74. The molecular formula is C23H31NO3. The molecule has 1 N–H and O–H groups in total. The lowest BCUT2D eigenvalue weighted by Crippen LogP contribution is -2.26. The molecule has 0 spiro atoms. The van der Waals surface area contributed by atoms with Crippen molar-refractivity contribution in [1.29, 1.82) is 0 Å². The van der Waals surface area contributed by atoms with Gasteiger partial charge in [-0.3, -0.25) is 4.79 Å². The third kappa shape index (κ3) is 5.75. The zero-order valence-electron chi connectivity index (χ0n) is 17.3. The van der Waals surface area contributed by atoms with Gasteiger partial charge in [0, 0.05) is 6.42 Å². The Kier molecular flexibility index (Phi) is 6.89. The number of carbonyl (C=O) groups is 1. The molecule has 0 radical (unpaired) electrons. The van der Waals surface area contributed by atoms with Crippen LogP contribution in [-0.2, 0) is 16.6 Å². The van der Waals surface area contributed by atoms with Crippen molar-refractivity contribution >= 4 is 5.91 Å². The van der Waals surface area contributed by atoms with Gasteiger partial charge in [0.2, 0.25) is 5.91 Å². The summed E-state index contributed by atoms with van der Waals surface area (Å²) in [5, 5.41) is 3.08. The second kappa shape index (κ2) is 8.94. The van der Waals surface area contributed by atoms with Crippen molar-refractivity contribution in [3.8, 4) is 11.5 Å². The normalized spacial score (nSPS) is 12.4. The van der Waals surface area contributed by atoms with E-state index < -0.39 is 0 Å². The van der Waals surface area contributed by atoms with Gasteiger partial charge in [-0.05, 0) is 47.6 Å². The third-order valence-electron chi connectivity index (χ3n) is 4.74. The highest BCUT2D eigenvalue weighted by Gasteiger charge is 2.15. The summed E-state index contributed by atoms with van der Waals surface area (Å²) >= 11 is 0. The number of nitrogens with one attached hydrogen (secondary N) is 1. The largest absolute Gasteiger partial charge is 0.493 e. The van der Waals surface area contributed by atoms with Crippen LogP contribution in [0.4, 0.5) is 0 Å². The fraction of sp³-hybridized carbons (Fsp3) is 0.435. The van der Waals surface area contributed by atoms with Crippen molar-refractivity contribution in [1.82, 2.24) is 5.32 Å². The fourth-order valence-corrected chi connectivity index (χ4v) is 2.96. The molecule has 27 heavy (non-hydrogen) atoms. The molecule has 2 aromatic rings. The van der Waals surface area contributed by atoms with Crippen LogP contribution in [0.15, 0.2) is 42.5 Å². The number of ether oxygens (including phenoxy) is 2. The second-order valence-corrected chi connectivity index (χ2v) is 7.85. The summed E-state index contributed by atoms with van der Waals surface area (Å²) < 4.78 is 10.6. The van der Waals surface area contributed by atoms with Gasteiger partial charge in [-0.25, -0.2) is 0 Å². The Balaban J connectivity index is 1.91. The summed E-state index contributed by atoms with van der Waals surface area (Å²) in [6, 6.07) is 14.2. The minimum Gasteiger partial charge on any atom is -0.493 e. The Hall–Kier alpha value is -2.49. The maximum atomic E-state index is 12.3. The van der Waals surface area contributed by atoms with Crippen molar-refractivity contribution < 1.29 is 14.3 Å². The molecule has 146 valence electrons. The molecule has 0 fully saturated rings. The Morgan fingerprint density at radius 1 is 1.00 bits per heavy atom. The molecule has 0 bridgehead atoms. The number of benzene rings is 2. The minimum atomic E-state index is -0.0167. The molecule has 1 atom stereocenters. The predicted molar refractivity (Wildman–Crippen MR) is 110 cm³/mol. The van der Waals surface area contributed by atoms with Gasteiger partial charge >= 0.3 is 0 Å². The molecule has 2 aromatic carbocycles. The van der Waals surface area contributed by atoms with Crippen LogP contribution in [0.5, 0.6) is 11.5 Å². The van der Waals surface area contributed by atoms with E-state index in [9.17, 15) is 4.79 Å². The van der Waals surface area contributed by atoms with Gasteiger partial charge in [0.1, 0.15) is 0 Å². The van der Waals surface area contributed by atoms with Gasteiger partial charge in [0.15, 0.2) is 11.5 Å². The maximum Gasteiger partial charge on any atom is 0.220 e. The van der Waals surface area contributed by atoms with Crippen LogP contribution >= 0.6 is 0 Å². The van der Waals surface area contributed by atoms with Gasteiger partial charge in [0.05, 0.1) is 20.3 Å². The second-order valence-electron chi connectivity index (χ2n) is 7.85. The number of methoxy groups -OCH3 is 2. The highest BCUT2D eigenvalue weighted by atomic mass is 16.5. The van der Waals surface area contributed by atoms with E-state index in [1.54, 1.807) is 14.2 Å². The summed E-state index contributed by atoms with van der Waals surface area (Å²) in [6.45, 7) is 8.60. The summed E-state index contributed by atoms with van der Waals surface area (Å²) in [6.07, 6.45) is 1.09. The topological polar surface area (TPSA) is 47.6 Å². The average molecular weight is 370 g/mol. The Bertz CT molecular complexity index is 760. The van der Waals surface area contributed by atoms with Crippen molar-refractivity contribution in [2.75, 3.05) is 14.2 Å². The number of hydrogen-bond donors (Lipinski definition) is 1. The van der Waals surface area contributed by atoms with Crippen molar-refractivity contribution in [3.63, 3.8) is 0 Å². The Labute approximate surface area is 162 Å². The van der Waals surface area contributed by atoms with E-state index in [0.717, 1.165) is 11.1 Å². The quantitative estimate of drug-likeness (QED) is 0.762. The van der Waals surface area contributed by atoms with Gasteiger partial charge < -0.3 is 14.8 Å². The maximum absolute atomic E-state index is 12.3. The van der Waals surface area contributed by atoms with E-state index in [0.29, 0.717) is 24.3 Å². The zero-order valence-corrected chi connectivity index (χ0v) is 17.3. The van der Waals surface area contributed by atoms with Crippen LogP contribution < -0.4 is 14.8 Å². The first kappa shape index (κ1) is 20.8. The average Bonchev–Trinajstić information content (AvgIpc) is 2.65. The van der Waals surface area contributed by atoms with E-state index in [4.69, 9.17) is 9.47 Å². The zero-order chi connectivity index (χ0) is 20.0. The van der Waals surface area contributed by atoms with Gasteiger partial charge in [0.25, 0.3) is 0 Å². The van der Waals surface area contributed by atoms with Crippen LogP contribution in [0.1, 0.15) is 56.8 Å². The molecule has 0 saturated carbocycles. The Morgan fingerprint density at radius 3 is 2.19 bits per heavy atom. The first-order valence-corrected chi connectivity index (χ1v) is 9.35. The number of hydrogen-bond acceptors (Lipinski definition) is 3. The van der Waals surface area contributed by atoms with Crippen LogP contribution in [0, 0.1) is 0 Å². The van der Waals surface area contributed by atoms with Crippen LogP contribution in [-0.4, -0.2) is 20.1 Å². The van der Waals surface area contributed by atoms with Gasteiger partial charge in [-0.1, -0.05) is 51.1 Å². The standard InChI is InChI=1S/C23H31NO3/c1-16(18-9-11-19(12-10-18)23(2,3)4)24-22(25)14-8-17-7-13-20(26-5)21(15-17)27-6/h7,9-13,15-16H,8,14H2,1-6H3,(H,24,25)/t16-/m1/s1. The monoisotopic (exact) mass is 369 g/mol. The van der Waals surface area contributed by atoms with Crippen LogP contribution in [0.2, 0.25) is 0 Å². The first-order chi connectivity index (χ1) is 12.7. The molecule has 4 nitrogen and oxygen atoms in total. The molecule has 0 aliphatic carbocycles. The predicted octanol–water partition coefficient (Wildman–Crippen LogP) is 4.81. The summed E-state index contributed by atoms with van der Waals surface area (Å²) in [7, 11) is 3.22. The minimum absolute atomic E-state index is 0.0167. The molecule has 4 heteroatoms. The molecule has 0 unspecified atom stereocenters. The first-order valence-electron chi connectivity index (χ1n) is 9.35. The molecule has 0 aliphatic heterocycles. The van der Waals surface area contributed by atoms with Gasteiger partial charge in [-0.15, -0.1) is 0 Å². The highest BCUT2D eigenvalue weighted by molar-refractivity contribution is 5.76. The summed E-state index contributed by atoms with van der Waals surface area (Å²) in [5.41, 5.74) is 3.58. The fourth-order valence-electron chi connectivity index (χ4n) is 2.96. The van der Waals surface area contributed by atoms with Crippen molar-refractivity contribution in [3.05, 3.63) is 59.2 Å².